The number of nitrogens with two attached hydrogens (primary N) is 1. The Morgan fingerprint density at radius 1 is 1.27 bits per heavy atom. The van der Waals surface area contributed by atoms with Gasteiger partial charge in [0.2, 0.25) is 6.29 Å². The molecule has 126 valence electrons. The Bertz CT molecular complexity index is 456. The van der Waals surface area contributed by atoms with Crippen LogP contribution in [0.4, 0.5) is 18.0 Å². The molecule has 0 spiro atoms. The van der Waals surface area contributed by atoms with Crippen molar-refractivity contribution in [3.8, 4) is 0 Å². The lowest BCUT2D eigenvalue weighted by atomic mass is 10.2. The maximum absolute atomic E-state index is 12.2. The molecule has 1 aliphatic heterocycles. The molecule has 0 radical (unpaired) electrons. The number of halogens is 3. The van der Waals surface area contributed by atoms with Crippen molar-refractivity contribution in [2.75, 3.05) is 6.54 Å². The number of nitrogens with zero attached hydrogens (tertiary/aromatic N) is 1. The van der Waals surface area contributed by atoms with Gasteiger partial charge >= 0.3 is 24.2 Å². The molecular formula is C11H15F3N2O6. The summed E-state index contributed by atoms with van der Waals surface area (Å²) in [5, 5.41) is 0. The quantitative estimate of drug-likeness (QED) is 0.593. The molecule has 0 saturated carbocycles. The van der Waals surface area contributed by atoms with Gasteiger partial charge in [0.05, 0.1) is 6.04 Å². The standard InChI is InChI=1S/C11H15F3N2O6/c1-5(17)20-6(2)21-10(19)16-4-3-7(15)8(16)22-9(18)11(12,13)14/h6-8H,3-4,15H2,1-2H3/t6-,7-,8?/m0/s1. The first-order chi connectivity index (χ1) is 10.0. The number of likely N-dealkylation sites (tertiary alicyclic amines) is 1. The summed E-state index contributed by atoms with van der Waals surface area (Å²) in [5.41, 5.74) is 5.53. The molecule has 1 aliphatic rings. The van der Waals surface area contributed by atoms with E-state index in [9.17, 15) is 27.6 Å². The SMILES string of the molecule is CC(=O)O[C@H](C)OC(=O)N1CC[C@H](N)C1OC(=O)C(F)(F)F. The number of hydrogen-bond donors (Lipinski definition) is 1. The van der Waals surface area contributed by atoms with Crippen LogP contribution in [0.25, 0.3) is 0 Å². The zero-order chi connectivity index (χ0) is 17.1. The summed E-state index contributed by atoms with van der Waals surface area (Å²) in [4.78, 5) is 34.1. The van der Waals surface area contributed by atoms with Crippen molar-refractivity contribution in [2.45, 2.75) is 45.0 Å². The second kappa shape index (κ2) is 6.81. The molecule has 0 bridgehead atoms. The van der Waals surface area contributed by atoms with Crippen molar-refractivity contribution in [1.29, 1.82) is 0 Å². The number of esters is 2. The predicted octanol–water partition coefficient (Wildman–Crippen LogP) is 0.497. The molecule has 0 aliphatic carbocycles. The molecule has 1 saturated heterocycles. The van der Waals surface area contributed by atoms with Gasteiger partial charge in [0, 0.05) is 20.4 Å². The lowest BCUT2D eigenvalue weighted by Gasteiger charge is -2.27. The zero-order valence-electron chi connectivity index (χ0n) is 11.8. The van der Waals surface area contributed by atoms with E-state index in [1.165, 1.54) is 6.92 Å². The number of alkyl halides is 3. The molecule has 1 amide bonds. The number of rotatable bonds is 3. The lowest BCUT2D eigenvalue weighted by Crippen LogP contribution is -2.48. The number of hydrogen-bond acceptors (Lipinski definition) is 7. The van der Waals surface area contributed by atoms with Crippen LogP contribution in [0, 0.1) is 0 Å². The van der Waals surface area contributed by atoms with E-state index < -0.39 is 42.8 Å². The Hall–Kier alpha value is -2.04. The van der Waals surface area contributed by atoms with E-state index in [1.54, 1.807) is 0 Å². The molecule has 3 atom stereocenters. The second-order valence-corrected chi connectivity index (χ2v) is 4.50. The molecule has 8 nitrogen and oxygen atoms in total. The molecule has 0 aromatic rings. The Labute approximate surface area is 123 Å². The summed E-state index contributed by atoms with van der Waals surface area (Å²) in [7, 11) is 0. The third-order valence-electron chi connectivity index (χ3n) is 2.67. The molecule has 0 aromatic heterocycles. The first kappa shape index (κ1) is 18.0. The molecule has 11 heteroatoms. The van der Waals surface area contributed by atoms with Crippen LogP contribution in [0.5, 0.6) is 0 Å². The maximum Gasteiger partial charge on any atom is 0.491 e. The minimum absolute atomic E-state index is 0.0669. The molecule has 1 rings (SSSR count). The van der Waals surface area contributed by atoms with Gasteiger partial charge in [-0.25, -0.2) is 9.59 Å². The summed E-state index contributed by atoms with van der Waals surface area (Å²) >= 11 is 0. The van der Waals surface area contributed by atoms with Crippen molar-refractivity contribution < 1.29 is 41.8 Å². The van der Waals surface area contributed by atoms with E-state index in [0.717, 1.165) is 11.8 Å². The Morgan fingerprint density at radius 3 is 2.36 bits per heavy atom. The number of carbonyl (C=O) groups excluding carboxylic acids is 3. The van der Waals surface area contributed by atoms with Gasteiger partial charge in [-0.3, -0.25) is 9.69 Å². The van der Waals surface area contributed by atoms with E-state index in [4.69, 9.17) is 10.5 Å². The predicted molar refractivity (Wildman–Crippen MR) is 62.9 cm³/mol. The first-order valence-electron chi connectivity index (χ1n) is 6.20. The van der Waals surface area contributed by atoms with Crippen LogP contribution in [0.3, 0.4) is 0 Å². The number of ether oxygens (including phenoxy) is 3. The van der Waals surface area contributed by atoms with Crippen molar-refractivity contribution in [3.05, 3.63) is 0 Å². The minimum atomic E-state index is -5.21. The van der Waals surface area contributed by atoms with Crippen molar-refractivity contribution >= 4 is 18.0 Å². The summed E-state index contributed by atoms with van der Waals surface area (Å²) in [6, 6.07) is -0.983. The normalized spacial score (nSPS) is 22.9. The minimum Gasteiger partial charge on any atom is -0.433 e. The molecule has 1 fully saturated rings. The fourth-order valence-corrected chi connectivity index (χ4v) is 1.78. The summed E-state index contributed by atoms with van der Waals surface area (Å²) < 4.78 is 50.1. The number of carbonyl (C=O) groups is 3. The third kappa shape index (κ3) is 4.76. The van der Waals surface area contributed by atoms with E-state index in [-0.39, 0.29) is 13.0 Å². The monoisotopic (exact) mass is 328 g/mol. The molecule has 2 N–H and O–H groups in total. The average molecular weight is 328 g/mol. The van der Waals surface area contributed by atoms with Crippen LogP contribution in [0.2, 0.25) is 0 Å². The highest BCUT2D eigenvalue weighted by molar-refractivity contribution is 5.76. The van der Waals surface area contributed by atoms with Crippen LogP contribution < -0.4 is 5.73 Å². The summed E-state index contributed by atoms with van der Waals surface area (Å²) in [6.07, 6.45) is -9.05. The maximum atomic E-state index is 12.2. The Balaban J connectivity index is 2.69. The van der Waals surface area contributed by atoms with Gasteiger partial charge in [0.1, 0.15) is 0 Å². The summed E-state index contributed by atoms with van der Waals surface area (Å²) in [6.45, 7) is 2.26. The Kier molecular flexibility index (Phi) is 5.58. The molecule has 22 heavy (non-hydrogen) atoms. The second-order valence-electron chi connectivity index (χ2n) is 4.50. The topological polar surface area (TPSA) is 108 Å². The molecule has 1 heterocycles. The van der Waals surface area contributed by atoms with Crippen molar-refractivity contribution in [3.63, 3.8) is 0 Å². The fraction of sp³-hybridized carbons (Fsp3) is 0.727. The van der Waals surface area contributed by atoms with Crippen LogP contribution in [-0.4, -0.2) is 54.2 Å². The van der Waals surface area contributed by atoms with Gasteiger partial charge in [-0.15, -0.1) is 0 Å². The highest BCUT2D eigenvalue weighted by Crippen LogP contribution is 2.24. The van der Waals surface area contributed by atoms with E-state index in [0.29, 0.717) is 0 Å². The Morgan fingerprint density at radius 2 is 1.86 bits per heavy atom. The van der Waals surface area contributed by atoms with Crippen LogP contribution in [-0.2, 0) is 23.8 Å². The van der Waals surface area contributed by atoms with Gasteiger partial charge in [-0.2, -0.15) is 13.2 Å². The molecular weight excluding hydrogens is 313 g/mol. The van der Waals surface area contributed by atoms with Gasteiger partial charge in [-0.1, -0.05) is 0 Å². The first-order valence-corrected chi connectivity index (χ1v) is 6.20. The van der Waals surface area contributed by atoms with E-state index >= 15 is 0 Å². The van der Waals surface area contributed by atoms with Crippen LogP contribution in [0.1, 0.15) is 20.3 Å². The van der Waals surface area contributed by atoms with Gasteiger partial charge in [-0.05, 0) is 6.42 Å². The van der Waals surface area contributed by atoms with Gasteiger partial charge < -0.3 is 19.9 Å². The highest BCUT2D eigenvalue weighted by Gasteiger charge is 2.47. The van der Waals surface area contributed by atoms with Gasteiger partial charge in [0.15, 0.2) is 6.23 Å². The fourth-order valence-electron chi connectivity index (χ4n) is 1.78. The lowest BCUT2D eigenvalue weighted by molar-refractivity contribution is -0.211. The smallest absolute Gasteiger partial charge is 0.433 e. The largest absolute Gasteiger partial charge is 0.491 e. The van der Waals surface area contributed by atoms with Gasteiger partial charge in [0.25, 0.3) is 0 Å². The van der Waals surface area contributed by atoms with Crippen molar-refractivity contribution in [2.24, 2.45) is 5.73 Å². The van der Waals surface area contributed by atoms with Crippen LogP contribution >= 0.6 is 0 Å². The molecule has 1 unspecified atom stereocenters. The third-order valence-corrected chi connectivity index (χ3v) is 2.67. The molecule has 0 aromatic carbocycles. The highest BCUT2D eigenvalue weighted by atomic mass is 19.4. The average Bonchev–Trinajstić information content (AvgIpc) is 2.68. The van der Waals surface area contributed by atoms with E-state index in [2.05, 4.69) is 9.47 Å². The van der Waals surface area contributed by atoms with Crippen LogP contribution in [0.15, 0.2) is 0 Å². The van der Waals surface area contributed by atoms with Crippen molar-refractivity contribution in [1.82, 2.24) is 4.90 Å². The summed E-state index contributed by atoms with van der Waals surface area (Å²) in [5.74, 6) is -3.17. The number of amides is 1. The zero-order valence-corrected chi connectivity index (χ0v) is 11.8. The van der Waals surface area contributed by atoms with E-state index in [1.807, 2.05) is 0 Å².